The van der Waals surface area contributed by atoms with Crippen LogP contribution >= 0.6 is 0 Å². The number of carbonyl (C=O) groups is 1. The van der Waals surface area contributed by atoms with Crippen molar-refractivity contribution in [3.05, 3.63) is 36.5 Å². The molecule has 0 aromatic rings. The van der Waals surface area contributed by atoms with Gasteiger partial charge in [0.1, 0.15) is 73.2 Å². The van der Waals surface area contributed by atoms with Gasteiger partial charge in [-0.2, -0.15) is 0 Å². The lowest BCUT2D eigenvalue weighted by molar-refractivity contribution is -0.379. The number of nitrogens with one attached hydrogen (secondary N) is 1. The van der Waals surface area contributed by atoms with Gasteiger partial charge in [0.2, 0.25) is 5.91 Å². The second kappa shape index (κ2) is 50.6. The van der Waals surface area contributed by atoms with E-state index in [0.29, 0.717) is 12.8 Å². The maximum absolute atomic E-state index is 13.3. The van der Waals surface area contributed by atoms with E-state index in [0.717, 1.165) is 44.9 Å². The van der Waals surface area contributed by atoms with E-state index in [4.69, 9.17) is 28.4 Å². The van der Waals surface area contributed by atoms with E-state index in [1.165, 1.54) is 180 Å². The summed E-state index contributed by atoms with van der Waals surface area (Å²) in [5.74, 6) is -0.292. The number of aliphatic hydroxyl groups is 11. The van der Waals surface area contributed by atoms with E-state index in [1.54, 1.807) is 6.08 Å². The largest absolute Gasteiger partial charge is 0.394 e. The van der Waals surface area contributed by atoms with Gasteiger partial charge in [0, 0.05) is 6.42 Å². The molecule has 3 aliphatic heterocycles. The predicted octanol–water partition coefficient (Wildman–Crippen LogP) is 8.83. The minimum atomic E-state index is -1.98. The molecule has 0 radical (unpaired) electrons. The molecule has 0 aromatic heterocycles. The Hall–Kier alpha value is -1.99. The van der Waals surface area contributed by atoms with Crippen molar-refractivity contribution in [1.82, 2.24) is 5.32 Å². The number of hydrogen-bond donors (Lipinski definition) is 12. The summed E-state index contributed by atoms with van der Waals surface area (Å²) in [6.45, 7) is 1.68. The van der Waals surface area contributed by atoms with Crippen molar-refractivity contribution in [2.45, 2.75) is 362 Å². The van der Waals surface area contributed by atoms with Crippen molar-refractivity contribution in [3.63, 3.8) is 0 Å². The molecule has 3 heterocycles. The van der Waals surface area contributed by atoms with Crippen LogP contribution in [0.25, 0.3) is 0 Å². The van der Waals surface area contributed by atoms with Crippen LogP contribution in [-0.4, -0.2) is 193 Å². The van der Waals surface area contributed by atoms with Crippen molar-refractivity contribution < 1.29 is 89.4 Å². The zero-order valence-electron chi connectivity index (χ0n) is 53.8. The van der Waals surface area contributed by atoms with Gasteiger partial charge in [0.05, 0.1) is 38.6 Å². The van der Waals surface area contributed by atoms with Crippen LogP contribution in [0, 0.1) is 0 Å². The summed E-state index contributed by atoms with van der Waals surface area (Å²) in [7, 11) is 0. The number of hydrogen-bond acceptors (Lipinski definition) is 18. The smallest absolute Gasteiger partial charge is 0.220 e. The lowest BCUT2D eigenvalue weighted by atomic mass is 9.96. The normalized spacial score (nSPS) is 28.8. The predicted molar refractivity (Wildman–Crippen MR) is 337 cm³/mol. The van der Waals surface area contributed by atoms with Crippen LogP contribution in [0.2, 0.25) is 0 Å². The van der Waals surface area contributed by atoms with Gasteiger partial charge in [0.25, 0.3) is 0 Å². The first-order chi connectivity index (χ1) is 42.3. The Bertz CT molecular complexity index is 1720. The quantitative estimate of drug-likeness (QED) is 0.0200. The van der Waals surface area contributed by atoms with Crippen molar-refractivity contribution >= 4 is 5.91 Å². The van der Waals surface area contributed by atoms with Crippen molar-refractivity contribution in [2.75, 3.05) is 26.4 Å². The summed E-state index contributed by atoms with van der Waals surface area (Å²) in [5, 5.41) is 120. The van der Waals surface area contributed by atoms with Crippen LogP contribution in [-0.2, 0) is 33.2 Å². The highest BCUT2D eigenvalue weighted by molar-refractivity contribution is 5.76. The highest BCUT2D eigenvalue weighted by Gasteiger charge is 2.53. The number of allylic oxidation sites excluding steroid dienone is 5. The molecule has 0 aromatic carbocycles. The molecule has 3 rings (SSSR count). The fourth-order valence-corrected chi connectivity index (χ4v) is 11.8. The van der Waals surface area contributed by atoms with Gasteiger partial charge in [-0.1, -0.05) is 243 Å². The Balaban J connectivity index is 1.37. The van der Waals surface area contributed by atoms with Gasteiger partial charge in [0.15, 0.2) is 18.9 Å². The molecule has 3 aliphatic rings. The number of ether oxygens (including phenoxy) is 6. The Labute approximate surface area is 523 Å². The molecule has 19 heteroatoms. The monoisotopic (exact) mass is 1240 g/mol. The lowest BCUT2D eigenvalue weighted by Gasteiger charge is -2.48. The zero-order valence-corrected chi connectivity index (χ0v) is 53.8. The second-order valence-corrected chi connectivity index (χ2v) is 25.0. The van der Waals surface area contributed by atoms with Crippen molar-refractivity contribution in [1.29, 1.82) is 0 Å². The first-order valence-electron chi connectivity index (χ1n) is 34.7. The molecule has 12 N–H and O–H groups in total. The Morgan fingerprint density at radius 2 is 0.736 bits per heavy atom. The van der Waals surface area contributed by atoms with Gasteiger partial charge in [-0.05, 0) is 44.9 Å². The first kappa shape index (κ1) is 79.2. The Kier molecular flexibility index (Phi) is 46.0. The van der Waals surface area contributed by atoms with Crippen LogP contribution in [0.4, 0.5) is 0 Å². The van der Waals surface area contributed by atoms with Gasteiger partial charge < -0.3 is 89.9 Å². The summed E-state index contributed by atoms with van der Waals surface area (Å²) >= 11 is 0. The molecule has 19 nitrogen and oxygen atoms in total. The van der Waals surface area contributed by atoms with Gasteiger partial charge in [-0.15, -0.1) is 0 Å². The third-order valence-corrected chi connectivity index (χ3v) is 17.4. The van der Waals surface area contributed by atoms with Gasteiger partial charge >= 0.3 is 0 Å². The third kappa shape index (κ3) is 32.9. The molecule has 1 amide bonds. The van der Waals surface area contributed by atoms with Crippen molar-refractivity contribution in [2.24, 2.45) is 0 Å². The average molecular weight is 1240 g/mol. The summed E-state index contributed by atoms with van der Waals surface area (Å²) in [4.78, 5) is 13.3. The number of unbranched alkanes of at least 4 members (excludes halogenated alkanes) is 33. The van der Waals surface area contributed by atoms with Gasteiger partial charge in [-0.25, -0.2) is 0 Å². The van der Waals surface area contributed by atoms with Crippen LogP contribution in [0.5, 0.6) is 0 Å². The number of rotatable bonds is 53. The van der Waals surface area contributed by atoms with E-state index >= 15 is 0 Å². The summed E-state index contributed by atoms with van der Waals surface area (Å²) in [6, 6.07) is -0.992. The van der Waals surface area contributed by atoms with Crippen molar-refractivity contribution in [3.8, 4) is 0 Å². The topological polar surface area (TPSA) is 307 Å². The molecule has 87 heavy (non-hydrogen) atoms. The number of amides is 1. The number of aliphatic hydroxyl groups excluding tert-OH is 11. The molecule has 510 valence electrons. The van der Waals surface area contributed by atoms with E-state index in [9.17, 15) is 61.0 Å². The van der Waals surface area contributed by atoms with Crippen LogP contribution in [0.1, 0.15) is 258 Å². The minimum absolute atomic E-state index is 0.233. The second-order valence-electron chi connectivity index (χ2n) is 25.0. The fourth-order valence-electron chi connectivity index (χ4n) is 11.8. The van der Waals surface area contributed by atoms with E-state index < -0.39 is 124 Å². The maximum Gasteiger partial charge on any atom is 0.220 e. The maximum atomic E-state index is 13.3. The van der Waals surface area contributed by atoms with E-state index in [1.807, 2.05) is 6.08 Å². The zero-order chi connectivity index (χ0) is 63.3. The summed E-state index contributed by atoms with van der Waals surface area (Å²) in [6.07, 6.45) is 31.9. The Morgan fingerprint density at radius 3 is 1.15 bits per heavy atom. The van der Waals surface area contributed by atoms with Gasteiger partial charge in [-0.3, -0.25) is 4.79 Å². The first-order valence-corrected chi connectivity index (χ1v) is 34.7. The van der Waals surface area contributed by atoms with E-state index in [2.05, 4.69) is 43.5 Å². The molecule has 0 bridgehead atoms. The highest BCUT2D eigenvalue weighted by Crippen LogP contribution is 2.33. The molecule has 17 unspecified atom stereocenters. The molecule has 3 saturated heterocycles. The lowest BCUT2D eigenvalue weighted by Crippen LogP contribution is -2.66. The van der Waals surface area contributed by atoms with Crippen LogP contribution < -0.4 is 5.32 Å². The SMILES string of the molecule is CCCCCCCCCCCCCCCCCCCCCCCCC/C=C/CC/C=C/CC/C=C/C(O)C(COC1OC(CO)C(OC2OC(CO)C(OC3OC(CO)C(O)C(O)C3O)C(O)C2O)C(O)C1O)NC(=O)CCCCCCCCCCC. The third-order valence-electron chi connectivity index (χ3n) is 17.4. The highest BCUT2D eigenvalue weighted by atomic mass is 16.8. The molecule has 0 spiro atoms. The molecule has 0 saturated carbocycles. The summed E-state index contributed by atoms with van der Waals surface area (Å²) < 4.78 is 34.2. The number of carbonyl (C=O) groups excluding carboxylic acids is 1. The van der Waals surface area contributed by atoms with Crippen LogP contribution in [0.3, 0.4) is 0 Å². The fraction of sp³-hybridized carbons (Fsp3) is 0.897. The minimum Gasteiger partial charge on any atom is -0.394 e. The van der Waals surface area contributed by atoms with Crippen LogP contribution in [0.15, 0.2) is 36.5 Å². The summed E-state index contributed by atoms with van der Waals surface area (Å²) in [5.41, 5.74) is 0. The standard InChI is InChI=1S/C68H125NO18/c1-3-5-7-9-11-13-14-15-16-17-18-19-20-21-22-23-24-25-26-27-28-29-30-31-32-33-34-35-36-38-39-41-43-45-52(73)51(69-56(74)46-44-42-40-37-12-10-8-6-4-2)50-82-66-62(80)59(77)64(54(48-71)84-66)87-68-63(81)60(78)65(55(49-72)85-68)86-67-61(79)58(76)57(75)53(47-70)83-67/h32-33,36,38,43,45,51-55,57-68,70-73,75-81H,3-31,34-35,37,39-42,44,46-50H2,1-2H3,(H,69,74)/b33-32+,38-36+,45-43+. The van der Waals surface area contributed by atoms with E-state index in [-0.39, 0.29) is 18.9 Å². The molecule has 0 aliphatic carbocycles. The molecular weight excluding hydrogens is 1120 g/mol. The average Bonchev–Trinajstić information content (AvgIpc) is 3.65. The molecular formula is C68H125NO18. The molecule has 3 fully saturated rings. The molecule has 17 atom stereocenters. The Morgan fingerprint density at radius 1 is 0.402 bits per heavy atom.